The highest BCUT2D eigenvalue weighted by Crippen LogP contribution is 2.23. The number of aromatic nitrogens is 4. The van der Waals surface area contributed by atoms with Crippen molar-refractivity contribution < 1.29 is 4.79 Å². The minimum absolute atomic E-state index is 0.00876. The molecule has 1 fully saturated rings. The molecule has 0 saturated carbocycles. The first-order valence-corrected chi connectivity index (χ1v) is 10.7. The number of likely N-dealkylation sites (N-methyl/N-ethyl adjacent to an activating group) is 1. The fourth-order valence-electron chi connectivity index (χ4n) is 3.91. The van der Waals surface area contributed by atoms with E-state index in [4.69, 9.17) is 0 Å². The van der Waals surface area contributed by atoms with E-state index in [0.29, 0.717) is 11.4 Å². The molecular weight excluding hydrogens is 400 g/mol. The topological polar surface area (TPSA) is 75.1 Å². The summed E-state index contributed by atoms with van der Waals surface area (Å²) in [7, 11) is 2.12. The van der Waals surface area contributed by atoms with Crippen LogP contribution in [0.2, 0.25) is 0 Å². The van der Waals surface area contributed by atoms with Gasteiger partial charge in [-0.15, -0.1) is 0 Å². The van der Waals surface area contributed by atoms with Crippen molar-refractivity contribution in [2.24, 2.45) is 0 Å². The molecule has 0 unspecified atom stereocenters. The van der Waals surface area contributed by atoms with Crippen molar-refractivity contribution in [2.75, 3.05) is 38.1 Å². The number of fused-ring (bicyclic) bond motifs is 1. The molecule has 7 heteroatoms. The summed E-state index contributed by atoms with van der Waals surface area (Å²) in [5.41, 5.74) is 3.52. The lowest BCUT2D eigenvalue weighted by atomic mass is 10.1. The van der Waals surface area contributed by atoms with Gasteiger partial charge in [-0.25, -0.2) is 15.0 Å². The van der Waals surface area contributed by atoms with Gasteiger partial charge in [0.2, 0.25) is 0 Å². The van der Waals surface area contributed by atoms with E-state index >= 15 is 0 Å². The molecule has 160 valence electrons. The molecule has 1 aliphatic rings. The molecule has 1 aliphatic heterocycles. The van der Waals surface area contributed by atoms with Gasteiger partial charge in [-0.1, -0.05) is 18.2 Å². The van der Waals surface area contributed by atoms with Crippen LogP contribution in [0.3, 0.4) is 0 Å². The zero-order chi connectivity index (χ0) is 21.9. The predicted octanol–water partition coefficient (Wildman–Crippen LogP) is 3.26. The highest BCUT2D eigenvalue weighted by Gasteiger charge is 2.17. The number of rotatable bonds is 5. The van der Waals surface area contributed by atoms with E-state index < -0.39 is 0 Å². The lowest BCUT2D eigenvalue weighted by molar-refractivity contribution is 0.0991. The number of hydrogen-bond acceptors (Lipinski definition) is 7. The van der Waals surface area contributed by atoms with Gasteiger partial charge < -0.3 is 9.80 Å². The van der Waals surface area contributed by atoms with E-state index in [9.17, 15) is 4.79 Å². The summed E-state index contributed by atoms with van der Waals surface area (Å²) in [4.78, 5) is 35.2. The number of piperazine rings is 1. The lowest BCUT2D eigenvalue weighted by Crippen LogP contribution is -2.44. The number of benzene rings is 1. The van der Waals surface area contributed by atoms with E-state index in [2.05, 4.69) is 36.8 Å². The van der Waals surface area contributed by atoms with Crippen LogP contribution >= 0.6 is 0 Å². The van der Waals surface area contributed by atoms with Crippen molar-refractivity contribution in [3.63, 3.8) is 0 Å². The van der Waals surface area contributed by atoms with Gasteiger partial charge in [0, 0.05) is 67.5 Å². The first-order valence-electron chi connectivity index (χ1n) is 10.7. The maximum atomic E-state index is 13.0. The van der Waals surface area contributed by atoms with Gasteiger partial charge in [-0.3, -0.25) is 9.78 Å². The van der Waals surface area contributed by atoms with E-state index in [1.165, 1.54) is 0 Å². The van der Waals surface area contributed by atoms with Crippen LogP contribution in [0.4, 0.5) is 5.82 Å². The minimum atomic E-state index is -0.00876. The molecule has 5 rings (SSSR count). The van der Waals surface area contributed by atoms with E-state index in [1.807, 2.05) is 42.6 Å². The summed E-state index contributed by atoms with van der Waals surface area (Å²) in [5.74, 6) is 1.36. The smallest absolute Gasteiger partial charge is 0.170 e. The van der Waals surface area contributed by atoms with Crippen LogP contribution in [0.5, 0.6) is 0 Å². The number of hydrogen-bond donors (Lipinski definition) is 0. The van der Waals surface area contributed by atoms with Crippen LogP contribution in [-0.2, 0) is 6.42 Å². The monoisotopic (exact) mass is 424 g/mol. The van der Waals surface area contributed by atoms with E-state index in [1.54, 1.807) is 24.7 Å². The van der Waals surface area contributed by atoms with Crippen molar-refractivity contribution in [1.82, 2.24) is 24.8 Å². The molecule has 0 radical (unpaired) electrons. The second kappa shape index (κ2) is 8.80. The third kappa shape index (κ3) is 4.33. The quantitative estimate of drug-likeness (QED) is 0.455. The van der Waals surface area contributed by atoms with E-state index in [-0.39, 0.29) is 12.2 Å². The van der Waals surface area contributed by atoms with Crippen molar-refractivity contribution in [3.8, 4) is 11.1 Å². The Hall–Kier alpha value is -3.71. The fraction of sp³-hybridized carbons (Fsp3) is 0.240. The molecule has 32 heavy (non-hydrogen) atoms. The van der Waals surface area contributed by atoms with Crippen LogP contribution < -0.4 is 4.90 Å². The normalized spacial score (nSPS) is 14.6. The van der Waals surface area contributed by atoms with Crippen LogP contribution in [0, 0.1) is 0 Å². The minimum Gasteiger partial charge on any atom is -0.354 e. The number of nitrogens with zero attached hydrogens (tertiary/aromatic N) is 6. The van der Waals surface area contributed by atoms with Crippen LogP contribution in [0.25, 0.3) is 22.0 Å². The molecule has 0 spiro atoms. The molecule has 0 bridgehead atoms. The summed E-state index contributed by atoms with van der Waals surface area (Å²) in [6.07, 6.45) is 7.22. The van der Waals surface area contributed by atoms with Crippen LogP contribution in [-0.4, -0.2) is 63.8 Å². The molecular formula is C25H24N6O. The maximum absolute atomic E-state index is 13.0. The lowest BCUT2D eigenvalue weighted by Gasteiger charge is -2.33. The van der Waals surface area contributed by atoms with Crippen molar-refractivity contribution in [3.05, 3.63) is 78.6 Å². The Kier molecular flexibility index (Phi) is 5.56. The Morgan fingerprint density at radius 1 is 0.938 bits per heavy atom. The molecule has 7 nitrogen and oxygen atoms in total. The maximum Gasteiger partial charge on any atom is 0.170 e. The molecule has 0 amide bonds. The van der Waals surface area contributed by atoms with Crippen LogP contribution in [0.15, 0.2) is 67.3 Å². The molecule has 0 N–H and O–H groups in total. The average Bonchev–Trinajstić information content (AvgIpc) is 2.84. The Bertz CT molecular complexity index is 1250. The van der Waals surface area contributed by atoms with Gasteiger partial charge in [0.05, 0.1) is 11.9 Å². The molecule has 0 aliphatic carbocycles. The van der Waals surface area contributed by atoms with Crippen molar-refractivity contribution >= 4 is 22.5 Å². The van der Waals surface area contributed by atoms with Gasteiger partial charge in [-0.2, -0.15) is 0 Å². The third-order valence-electron chi connectivity index (χ3n) is 5.84. The van der Waals surface area contributed by atoms with Gasteiger partial charge in [-0.05, 0) is 36.9 Å². The zero-order valence-electron chi connectivity index (χ0n) is 18.0. The number of pyridine rings is 2. The summed E-state index contributed by atoms with van der Waals surface area (Å²) in [6.45, 7) is 3.81. The fourth-order valence-corrected chi connectivity index (χ4v) is 3.91. The summed E-state index contributed by atoms with van der Waals surface area (Å²) < 4.78 is 0. The standard InChI is InChI=1S/C25H24N6O/c1-30-9-11-31(12-10-30)25-14-19(6-8-27-25)23(32)15-24-28-17-21-5-4-18(13-22(21)29-24)20-3-2-7-26-16-20/h2-8,13-14,16-17H,9-12,15H2,1H3. The Morgan fingerprint density at radius 2 is 1.81 bits per heavy atom. The SMILES string of the molecule is CN1CCN(c2cc(C(=O)Cc3ncc4ccc(-c5cccnc5)cc4n3)ccn2)CC1. The molecule has 3 aromatic heterocycles. The van der Waals surface area contributed by atoms with Gasteiger partial charge >= 0.3 is 0 Å². The molecule has 4 heterocycles. The number of carbonyl (C=O) groups is 1. The zero-order valence-corrected chi connectivity index (χ0v) is 18.0. The predicted molar refractivity (Wildman–Crippen MR) is 125 cm³/mol. The van der Waals surface area contributed by atoms with Crippen molar-refractivity contribution in [1.29, 1.82) is 0 Å². The number of anilines is 1. The second-order valence-corrected chi connectivity index (χ2v) is 8.09. The van der Waals surface area contributed by atoms with Gasteiger partial charge in [0.15, 0.2) is 5.78 Å². The highest BCUT2D eigenvalue weighted by atomic mass is 16.1. The Morgan fingerprint density at radius 3 is 2.62 bits per heavy atom. The third-order valence-corrected chi connectivity index (χ3v) is 5.84. The van der Waals surface area contributed by atoms with Crippen molar-refractivity contribution in [2.45, 2.75) is 6.42 Å². The Labute approximate surface area is 186 Å². The van der Waals surface area contributed by atoms with Crippen LogP contribution in [0.1, 0.15) is 16.2 Å². The first kappa shape index (κ1) is 20.2. The molecule has 1 aromatic carbocycles. The summed E-state index contributed by atoms with van der Waals surface area (Å²) in [6, 6.07) is 13.6. The molecule has 1 saturated heterocycles. The molecule has 0 atom stereocenters. The Balaban J connectivity index is 1.36. The first-order chi connectivity index (χ1) is 15.7. The molecule has 4 aromatic rings. The second-order valence-electron chi connectivity index (χ2n) is 8.09. The number of ketones is 1. The van der Waals surface area contributed by atoms with E-state index in [0.717, 1.165) is 54.0 Å². The largest absolute Gasteiger partial charge is 0.354 e. The number of Topliss-reactive ketones (excluding diaryl/α,β-unsaturated/α-hetero) is 1. The average molecular weight is 425 g/mol. The van der Waals surface area contributed by atoms with Gasteiger partial charge in [0.1, 0.15) is 11.6 Å². The highest BCUT2D eigenvalue weighted by molar-refractivity contribution is 5.98. The number of carbonyl (C=O) groups excluding carboxylic acids is 1. The van der Waals surface area contributed by atoms with Gasteiger partial charge in [0.25, 0.3) is 0 Å². The summed E-state index contributed by atoms with van der Waals surface area (Å²) in [5, 5.41) is 0.940. The summed E-state index contributed by atoms with van der Waals surface area (Å²) >= 11 is 0.